The standard InChI is InChI=1S/C25H28F3N3O5/c26-25(27,28)36-20-11-7-18(8-12-20)29-24(34)31-13-1-2-22(32)21(14-31)30-23(33)17-5-9-19(10-6-17)35-15-16-3-4-16/h5-12,16,21-22,32H,1-4,13-15H2,(H,29,34)(H,30,33)/t21-,22+/m0/s1. The second kappa shape index (κ2) is 11.1. The Bertz CT molecular complexity index is 1040. The van der Waals surface area contributed by atoms with Crippen LogP contribution in [-0.2, 0) is 0 Å². The van der Waals surface area contributed by atoms with Crippen molar-refractivity contribution in [3.8, 4) is 11.5 Å². The van der Waals surface area contributed by atoms with Crippen LogP contribution in [0.15, 0.2) is 48.5 Å². The number of aliphatic hydroxyl groups is 1. The van der Waals surface area contributed by atoms with E-state index in [0.29, 0.717) is 43.2 Å². The Hall–Kier alpha value is -3.47. The van der Waals surface area contributed by atoms with Crippen LogP contribution in [0.4, 0.5) is 23.7 Å². The first-order valence-corrected chi connectivity index (χ1v) is 11.8. The summed E-state index contributed by atoms with van der Waals surface area (Å²) >= 11 is 0. The van der Waals surface area contributed by atoms with Crippen LogP contribution in [0.25, 0.3) is 0 Å². The molecular formula is C25H28F3N3O5. The quantitative estimate of drug-likeness (QED) is 0.523. The number of nitrogens with one attached hydrogen (secondary N) is 2. The van der Waals surface area contributed by atoms with E-state index in [4.69, 9.17) is 4.74 Å². The van der Waals surface area contributed by atoms with Crippen molar-refractivity contribution in [1.29, 1.82) is 0 Å². The van der Waals surface area contributed by atoms with Gasteiger partial charge in [0.1, 0.15) is 11.5 Å². The van der Waals surface area contributed by atoms with Crippen LogP contribution in [0.3, 0.4) is 0 Å². The number of halogens is 3. The van der Waals surface area contributed by atoms with Crippen LogP contribution in [0.2, 0.25) is 0 Å². The first-order valence-electron chi connectivity index (χ1n) is 11.8. The van der Waals surface area contributed by atoms with E-state index in [0.717, 1.165) is 12.1 Å². The lowest BCUT2D eigenvalue weighted by Crippen LogP contribution is -2.50. The molecule has 4 rings (SSSR count). The van der Waals surface area contributed by atoms with E-state index in [9.17, 15) is 27.9 Å². The summed E-state index contributed by atoms with van der Waals surface area (Å²) in [6, 6.07) is 10.3. The van der Waals surface area contributed by atoms with Crippen LogP contribution in [0.1, 0.15) is 36.0 Å². The number of rotatable bonds is 7. The van der Waals surface area contributed by atoms with Gasteiger partial charge in [-0.25, -0.2) is 4.79 Å². The first-order chi connectivity index (χ1) is 17.2. The van der Waals surface area contributed by atoms with Crippen molar-refractivity contribution in [1.82, 2.24) is 10.2 Å². The Balaban J connectivity index is 1.32. The lowest BCUT2D eigenvalue weighted by Gasteiger charge is -2.27. The highest BCUT2D eigenvalue weighted by Crippen LogP contribution is 2.29. The fourth-order valence-corrected chi connectivity index (χ4v) is 3.86. The van der Waals surface area contributed by atoms with Crippen molar-refractivity contribution < 1.29 is 37.3 Å². The van der Waals surface area contributed by atoms with E-state index in [1.807, 2.05) is 0 Å². The van der Waals surface area contributed by atoms with Crippen molar-refractivity contribution in [2.24, 2.45) is 5.92 Å². The smallest absolute Gasteiger partial charge is 0.493 e. The van der Waals surface area contributed by atoms with Crippen molar-refractivity contribution in [2.45, 2.75) is 44.2 Å². The summed E-state index contributed by atoms with van der Waals surface area (Å²) in [6.45, 7) is 1.08. The Morgan fingerprint density at radius 1 is 1.00 bits per heavy atom. The number of amides is 3. The Morgan fingerprint density at radius 3 is 2.31 bits per heavy atom. The SMILES string of the molecule is O=C(N[C@H]1CN(C(=O)Nc2ccc(OC(F)(F)F)cc2)CCC[C@H]1O)c1ccc(OCC2CC2)cc1. The second-order valence-corrected chi connectivity index (χ2v) is 9.02. The number of benzene rings is 2. The molecule has 2 atom stereocenters. The van der Waals surface area contributed by atoms with Gasteiger partial charge in [-0.3, -0.25) is 4.79 Å². The van der Waals surface area contributed by atoms with Crippen LogP contribution < -0.4 is 20.1 Å². The minimum absolute atomic E-state index is 0.0661. The molecule has 1 saturated carbocycles. The monoisotopic (exact) mass is 507 g/mol. The van der Waals surface area contributed by atoms with E-state index in [1.165, 1.54) is 29.9 Å². The molecule has 2 aromatic carbocycles. The number of urea groups is 1. The Morgan fingerprint density at radius 2 is 1.67 bits per heavy atom. The summed E-state index contributed by atoms with van der Waals surface area (Å²) in [5.74, 6) is 0.528. The molecule has 8 nitrogen and oxygen atoms in total. The Kier molecular flexibility index (Phi) is 7.88. The van der Waals surface area contributed by atoms with Crippen LogP contribution in [0, 0.1) is 5.92 Å². The molecule has 2 aliphatic rings. The predicted molar refractivity (Wildman–Crippen MR) is 125 cm³/mol. The number of ether oxygens (including phenoxy) is 2. The molecule has 194 valence electrons. The van der Waals surface area contributed by atoms with Crippen LogP contribution in [0.5, 0.6) is 11.5 Å². The van der Waals surface area contributed by atoms with Crippen molar-refractivity contribution in [3.63, 3.8) is 0 Å². The van der Waals surface area contributed by atoms with E-state index in [2.05, 4.69) is 15.4 Å². The molecule has 3 N–H and O–H groups in total. The van der Waals surface area contributed by atoms with Crippen molar-refractivity contribution in [3.05, 3.63) is 54.1 Å². The van der Waals surface area contributed by atoms with Gasteiger partial charge in [0.2, 0.25) is 0 Å². The largest absolute Gasteiger partial charge is 0.573 e. The highest BCUT2D eigenvalue weighted by Gasteiger charge is 2.31. The van der Waals surface area contributed by atoms with Gasteiger partial charge in [-0.15, -0.1) is 13.2 Å². The number of carbonyl (C=O) groups excluding carboxylic acids is 2. The summed E-state index contributed by atoms with van der Waals surface area (Å²) in [6.07, 6.45) is -2.36. The summed E-state index contributed by atoms with van der Waals surface area (Å²) < 4.78 is 46.5. The molecular weight excluding hydrogens is 479 g/mol. The molecule has 3 amide bonds. The molecule has 0 aromatic heterocycles. The zero-order valence-electron chi connectivity index (χ0n) is 19.5. The molecule has 36 heavy (non-hydrogen) atoms. The lowest BCUT2D eigenvalue weighted by molar-refractivity contribution is -0.274. The molecule has 0 radical (unpaired) electrons. The summed E-state index contributed by atoms with van der Waals surface area (Å²) in [5, 5.41) is 16.0. The number of aliphatic hydroxyl groups excluding tert-OH is 1. The maximum absolute atomic E-state index is 12.8. The second-order valence-electron chi connectivity index (χ2n) is 9.02. The molecule has 0 spiro atoms. The van der Waals surface area contributed by atoms with Crippen molar-refractivity contribution >= 4 is 17.6 Å². The summed E-state index contributed by atoms with van der Waals surface area (Å²) in [4.78, 5) is 27.0. The van der Waals surface area contributed by atoms with E-state index < -0.39 is 30.3 Å². The number of alkyl halides is 3. The van der Waals surface area contributed by atoms with Gasteiger partial charge in [-0.1, -0.05) is 0 Å². The minimum Gasteiger partial charge on any atom is -0.493 e. The highest BCUT2D eigenvalue weighted by atomic mass is 19.4. The van der Waals surface area contributed by atoms with Gasteiger partial charge in [-0.05, 0) is 80.1 Å². The van der Waals surface area contributed by atoms with Crippen LogP contribution in [-0.4, -0.2) is 60.1 Å². The highest BCUT2D eigenvalue weighted by molar-refractivity contribution is 5.94. The minimum atomic E-state index is -4.80. The number of hydrogen-bond acceptors (Lipinski definition) is 5. The number of hydrogen-bond donors (Lipinski definition) is 3. The van der Waals surface area contributed by atoms with Crippen molar-refractivity contribution in [2.75, 3.05) is 25.0 Å². The third-order valence-corrected chi connectivity index (χ3v) is 6.05. The summed E-state index contributed by atoms with van der Waals surface area (Å²) in [7, 11) is 0. The average molecular weight is 508 g/mol. The molecule has 1 saturated heterocycles. The maximum atomic E-state index is 12.8. The number of carbonyl (C=O) groups is 2. The van der Waals surface area contributed by atoms with E-state index >= 15 is 0 Å². The molecule has 0 bridgehead atoms. The van der Waals surface area contributed by atoms with Gasteiger partial charge in [0.25, 0.3) is 5.91 Å². The lowest BCUT2D eigenvalue weighted by atomic mass is 10.1. The third kappa shape index (κ3) is 7.51. The maximum Gasteiger partial charge on any atom is 0.573 e. The summed E-state index contributed by atoms with van der Waals surface area (Å²) in [5.41, 5.74) is 0.686. The molecule has 1 heterocycles. The third-order valence-electron chi connectivity index (χ3n) is 6.05. The molecule has 1 aliphatic carbocycles. The van der Waals surface area contributed by atoms with Gasteiger partial charge < -0.3 is 30.1 Å². The van der Waals surface area contributed by atoms with Crippen LogP contribution >= 0.6 is 0 Å². The zero-order valence-corrected chi connectivity index (χ0v) is 19.5. The van der Waals surface area contributed by atoms with E-state index in [1.54, 1.807) is 24.3 Å². The number of nitrogens with zero attached hydrogens (tertiary/aromatic N) is 1. The van der Waals surface area contributed by atoms with Gasteiger partial charge >= 0.3 is 12.4 Å². The number of likely N-dealkylation sites (tertiary alicyclic amines) is 1. The molecule has 11 heteroatoms. The van der Waals surface area contributed by atoms with Gasteiger partial charge in [0.05, 0.1) is 18.8 Å². The normalized spacial score (nSPS) is 20.3. The first kappa shape index (κ1) is 25.6. The van der Waals surface area contributed by atoms with Gasteiger partial charge in [0, 0.05) is 24.3 Å². The Labute approximate surface area is 206 Å². The fraction of sp³-hybridized carbons (Fsp3) is 0.440. The predicted octanol–water partition coefficient (Wildman–Crippen LogP) is 4.16. The number of anilines is 1. The fourth-order valence-electron chi connectivity index (χ4n) is 3.86. The molecule has 2 aromatic rings. The average Bonchev–Trinajstić information content (AvgIpc) is 3.67. The van der Waals surface area contributed by atoms with Gasteiger partial charge in [0.15, 0.2) is 0 Å². The molecule has 0 unspecified atom stereocenters. The zero-order chi connectivity index (χ0) is 25.7. The molecule has 2 fully saturated rings. The molecule has 1 aliphatic heterocycles. The topological polar surface area (TPSA) is 100 Å². The van der Waals surface area contributed by atoms with E-state index in [-0.39, 0.29) is 18.1 Å². The van der Waals surface area contributed by atoms with Gasteiger partial charge in [-0.2, -0.15) is 0 Å².